The quantitative estimate of drug-likeness (QED) is 0.686. The highest BCUT2D eigenvalue weighted by atomic mass is 32.1. The normalized spacial score (nSPS) is 10.8. The molecule has 0 spiro atoms. The minimum Gasteiger partial charge on any atom is -0.381 e. The van der Waals surface area contributed by atoms with Crippen LogP contribution in [0.5, 0.6) is 0 Å². The molecule has 23 heavy (non-hydrogen) atoms. The Bertz CT molecular complexity index is 802. The van der Waals surface area contributed by atoms with Crippen molar-refractivity contribution in [2.75, 3.05) is 5.32 Å². The van der Waals surface area contributed by atoms with Crippen molar-refractivity contribution in [1.82, 2.24) is 4.98 Å². The van der Waals surface area contributed by atoms with Crippen LogP contribution in [0.3, 0.4) is 0 Å². The van der Waals surface area contributed by atoms with Gasteiger partial charge in [0.05, 0.1) is 10.7 Å². The van der Waals surface area contributed by atoms with Gasteiger partial charge in [0.1, 0.15) is 5.82 Å². The van der Waals surface area contributed by atoms with Crippen molar-refractivity contribution in [2.24, 2.45) is 0 Å². The van der Waals surface area contributed by atoms with E-state index in [-0.39, 0.29) is 5.82 Å². The van der Waals surface area contributed by atoms with Gasteiger partial charge >= 0.3 is 0 Å². The standard InChI is InChI=1S/C19H19FN2S/c1-12-5-4-6-18(20)17(12)11-21-16-9-7-15(8-10-16)19-13(2)23-14(3)22-19/h4-10,21H,11H2,1-3H3. The Hall–Kier alpha value is -2.20. The minimum absolute atomic E-state index is 0.164. The number of hydrogen-bond donors (Lipinski definition) is 1. The number of aromatic nitrogens is 1. The lowest BCUT2D eigenvalue weighted by Gasteiger charge is -2.10. The van der Waals surface area contributed by atoms with E-state index >= 15 is 0 Å². The van der Waals surface area contributed by atoms with Gasteiger partial charge in [0, 0.05) is 28.2 Å². The zero-order chi connectivity index (χ0) is 16.4. The number of thiazole rings is 1. The summed E-state index contributed by atoms with van der Waals surface area (Å²) in [4.78, 5) is 5.80. The summed E-state index contributed by atoms with van der Waals surface area (Å²) < 4.78 is 13.8. The van der Waals surface area contributed by atoms with E-state index in [1.165, 1.54) is 10.9 Å². The Morgan fingerprint density at radius 3 is 2.39 bits per heavy atom. The summed E-state index contributed by atoms with van der Waals surface area (Å²) in [6.07, 6.45) is 0. The number of halogens is 1. The van der Waals surface area contributed by atoms with Gasteiger partial charge < -0.3 is 5.32 Å². The van der Waals surface area contributed by atoms with Gasteiger partial charge in [0.2, 0.25) is 0 Å². The maximum atomic E-state index is 13.8. The third-order valence-corrected chi connectivity index (χ3v) is 4.77. The molecular formula is C19H19FN2S. The molecule has 1 N–H and O–H groups in total. The Morgan fingerprint density at radius 1 is 1.04 bits per heavy atom. The molecule has 2 aromatic carbocycles. The number of benzene rings is 2. The molecule has 2 nitrogen and oxygen atoms in total. The smallest absolute Gasteiger partial charge is 0.128 e. The second kappa shape index (κ2) is 6.50. The van der Waals surface area contributed by atoms with Crippen LogP contribution in [0.2, 0.25) is 0 Å². The summed E-state index contributed by atoms with van der Waals surface area (Å²) in [5.74, 6) is -0.164. The number of rotatable bonds is 4. The Kier molecular flexibility index (Phi) is 4.44. The lowest BCUT2D eigenvalue weighted by Crippen LogP contribution is -2.03. The van der Waals surface area contributed by atoms with Crippen LogP contribution in [0.1, 0.15) is 21.0 Å². The zero-order valence-electron chi connectivity index (χ0n) is 13.5. The van der Waals surface area contributed by atoms with E-state index in [0.29, 0.717) is 12.1 Å². The van der Waals surface area contributed by atoms with Gasteiger partial charge in [-0.15, -0.1) is 11.3 Å². The van der Waals surface area contributed by atoms with Crippen molar-refractivity contribution in [3.8, 4) is 11.3 Å². The number of nitrogens with one attached hydrogen (secondary N) is 1. The molecule has 3 rings (SSSR count). The van der Waals surface area contributed by atoms with E-state index in [0.717, 1.165) is 27.5 Å². The maximum Gasteiger partial charge on any atom is 0.128 e. The molecule has 0 aliphatic carbocycles. The number of hydrogen-bond acceptors (Lipinski definition) is 3. The van der Waals surface area contributed by atoms with E-state index in [4.69, 9.17) is 0 Å². The molecule has 0 fully saturated rings. The molecule has 0 saturated carbocycles. The fraction of sp³-hybridized carbons (Fsp3) is 0.211. The van der Waals surface area contributed by atoms with Crippen LogP contribution in [0.4, 0.5) is 10.1 Å². The molecule has 0 unspecified atom stereocenters. The first-order chi connectivity index (χ1) is 11.0. The molecule has 0 atom stereocenters. The van der Waals surface area contributed by atoms with Crippen molar-refractivity contribution in [3.63, 3.8) is 0 Å². The van der Waals surface area contributed by atoms with Gasteiger partial charge in [0.15, 0.2) is 0 Å². The van der Waals surface area contributed by atoms with Crippen molar-refractivity contribution in [3.05, 3.63) is 69.3 Å². The first-order valence-corrected chi connectivity index (χ1v) is 8.38. The van der Waals surface area contributed by atoms with Crippen LogP contribution < -0.4 is 5.32 Å². The third-order valence-electron chi connectivity index (χ3n) is 3.88. The van der Waals surface area contributed by atoms with Gasteiger partial charge in [-0.1, -0.05) is 24.3 Å². The van der Waals surface area contributed by atoms with E-state index in [2.05, 4.69) is 29.4 Å². The van der Waals surface area contributed by atoms with Gasteiger partial charge in [-0.05, 0) is 44.5 Å². The van der Waals surface area contributed by atoms with Crippen LogP contribution in [0, 0.1) is 26.6 Å². The predicted molar refractivity (Wildman–Crippen MR) is 95.5 cm³/mol. The monoisotopic (exact) mass is 326 g/mol. The lowest BCUT2D eigenvalue weighted by atomic mass is 10.1. The van der Waals surface area contributed by atoms with Crippen LogP contribution >= 0.6 is 11.3 Å². The van der Waals surface area contributed by atoms with E-state index in [9.17, 15) is 4.39 Å². The second-order valence-corrected chi connectivity index (χ2v) is 7.01. The van der Waals surface area contributed by atoms with Crippen LogP contribution in [0.15, 0.2) is 42.5 Å². The fourth-order valence-electron chi connectivity index (χ4n) is 2.62. The number of nitrogens with zero attached hydrogens (tertiary/aromatic N) is 1. The summed E-state index contributed by atoms with van der Waals surface area (Å²) in [7, 11) is 0. The first kappa shape index (κ1) is 15.7. The van der Waals surface area contributed by atoms with Crippen LogP contribution in [-0.2, 0) is 6.54 Å². The number of aryl methyl sites for hydroxylation is 3. The van der Waals surface area contributed by atoms with Crippen molar-refractivity contribution < 1.29 is 4.39 Å². The predicted octanol–water partition coefficient (Wildman–Crippen LogP) is 5.49. The van der Waals surface area contributed by atoms with Crippen LogP contribution in [-0.4, -0.2) is 4.98 Å². The Labute approximate surface area is 140 Å². The molecule has 0 saturated heterocycles. The van der Waals surface area contributed by atoms with E-state index < -0.39 is 0 Å². The second-order valence-electron chi connectivity index (χ2n) is 5.60. The Balaban J connectivity index is 1.74. The van der Waals surface area contributed by atoms with Crippen LogP contribution in [0.25, 0.3) is 11.3 Å². The molecule has 0 aliphatic heterocycles. The topological polar surface area (TPSA) is 24.9 Å². The molecule has 118 valence electrons. The highest BCUT2D eigenvalue weighted by molar-refractivity contribution is 7.11. The average molecular weight is 326 g/mol. The largest absolute Gasteiger partial charge is 0.381 e. The molecule has 0 amide bonds. The maximum absolute atomic E-state index is 13.8. The zero-order valence-corrected chi connectivity index (χ0v) is 14.3. The molecule has 1 aromatic heterocycles. The van der Waals surface area contributed by atoms with Crippen molar-refractivity contribution in [2.45, 2.75) is 27.3 Å². The van der Waals surface area contributed by atoms with Gasteiger partial charge in [-0.25, -0.2) is 9.37 Å². The average Bonchev–Trinajstić information content (AvgIpc) is 2.86. The third kappa shape index (κ3) is 3.42. The minimum atomic E-state index is -0.164. The van der Waals surface area contributed by atoms with Gasteiger partial charge in [0.25, 0.3) is 0 Å². The SMILES string of the molecule is Cc1nc(-c2ccc(NCc3c(C)cccc3F)cc2)c(C)s1. The number of anilines is 1. The fourth-order valence-corrected chi connectivity index (χ4v) is 3.46. The molecule has 0 bridgehead atoms. The summed E-state index contributed by atoms with van der Waals surface area (Å²) in [5, 5.41) is 4.36. The van der Waals surface area contributed by atoms with Gasteiger partial charge in [-0.3, -0.25) is 0 Å². The molecule has 0 radical (unpaired) electrons. The molecule has 1 heterocycles. The van der Waals surface area contributed by atoms with E-state index in [1.54, 1.807) is 17.4 Å². The summed E-state index contributed by atoms with van der Waals surface area (Å²) in [6.45, 7) is 6.52. The van der Waals surface area contributed by atoms with Gasteiger partial charge in [-0.2, -0.15) is 0 Å². The first-order valence-electron chi connectivity index (χ1n) is 7.57. The Morgan fingerprint density at radius 2 is 1.78 bits per heavy atom. The highest BCUT2D eigenvalue weighted by Gasteiger charge is 2.08. The van der Waals surface area contributed by atoms with Crippen molar-refractivity contribution >= 4 is 17.0 Å². The summed E-state index contributed by atoms with van der Waals surface area (Å²) in [6, 6.07) is 13.3. The van der Waals surface area contributed by atoms with Crippen molar-refractivity contribution in [1.29, 1.82) is 0 Å². The summed E-state index contributed by atoms with van der Waals surface area (Å²) in [5.41, 5.74) is 4.80. The molecule has 0 aliphatic rings. The summed E-state index contributed by atoms with van der Waals surface area (Å²) >= 11 is 1.71. The molecule has 3 aromatic rings. The molecular weight excluding hydrogens is 307 g/mol. The lowest BCUT2D eigenvalue weighted by molar-refractivity contribution is 0.611. The highest BCUT2D eigenvalue weighted by Crippen LogP contribution is 2.28. The van der Waals surface area contributed by atoms with E-state index in [1.807, 2.05) is 32.0 Å². The molecule has 4 heteroatoms.